The first-order valence-corrected chi connectivity index (χ1v) is 8.23. The average Bonchev–Trinajstić information content (AvgIpc) is 2.74. The normalized spacial score (nSPS) is 17.4. The molecule has 3 rings (SSSR count). The van der Waals surface area contributed by atoms with Crippen LogP contribution in [-0.4, -0.2) is 15.4 Å². The molecule has 0 aliphatic heterocycles. The SMILES string of the molecule is CCC1(Cn2c(CCCl)nc3c(C)cccc32)CCC1. The van der Waals surface area contributed by atoms with Gasteiger partial charge >= 0.3 is 0 Å². The van der Waals surface area contributed by atoms with E-state index in [0.717, 1.165) is 24.3 Å². The molecule has 0 N–H and O–H groups in total. The largest absolute Gasteiger partial charge is 0.327 e. The quantitative estimate of drug-likeness (QED) is 0.730. The van der Waals surface area contributed by atoms with E-state index in [-0.39, 0.29) is 0 Å². The first-order chi connectivity index (χ1) is 9.69. The number of rotatable bonds is 5. The lowest BCUT2D eigenvalue weighted by Crippen LogP contribution is -2.34. The maximum atomic E-state index is 5.98. The zero-order valence-electron chi connectivity index (χ0n) is 12.5. The summed E-state index contributed by atoms with van der Waals surface area (Å²) in [5.74, 6) is 1.80. The summed E-state index contributed by atoms with van der Waals surface area (Å²) in [6.45, 7) is 5.57. The third-order valence-electron chi connectivity index (χ3n) is 5.04. The molecule has 108 valence electrons. The molecular formula is C17H23ClN2. The zero-order valence-corrected chi connectivity index (χ0v) is 13.2. The minimum Gasteiger partial charge on any atom is -0.327 e. The Morgan fingerprint density at radius 1 is 1.35 bits per heavy atom. The first kappa shape index (κ1) is 13.9. The summed E-state index contributed by atoms with van der Waals surface area (Å²) < 4.78 is 2.44. The highest BCUT2D eigenvalue weighted by Crippen LogP contribution is 2.45. The van der Waals surface area contributed by atoms with Crippen molar-refractivity contribution in [2.75, 3.05) is 5.88 Å². The number of hydrogen-bond acceptors (Lipinski definition) is 1. The molecule has 1 aromatic carbocycles. The summed E-state index contributed by atoms with van der Waals surface area (Å²) in [7, 11) is 0. The number of para-hydroxylation sites is 1. The van der Waals surface area contributed by atoms with E-state index < -0.39 is 0 Å². The van der Waals surface area contributed by atoms with Crippen molar-refractivity contribution in [2.24, 2.45) is 5.41 Å². The molecule has 1 aliphatic rings. The predicted octanol–water partition coefficient (Wildman–Crippen LogP) is 4.71. The molecule has 3 heteroatoms. The van der Waals surface area contributed by atoms with E-state index in [2.05, 4.69) is 36.6 Å². The number of nitrogens with zero attached hydrogens (tertiary/aromatic N) is 2. The molecule has 0 radical (unpaired) electrons. The Balaban J connectivity index is 2.07. The first-order valence-electron chi connectivity index (χ1n) is 7.70. The molecule has 2 aromatic rings. The van der Waals surface area contributed by atoms with Crippen molar-refractivity contribution in [3.05, 3.63) is 29.6 Å². The van der Waals surface area contributed by atoms with E-state index in [9.17, 15) is 0 Å². The van der Waals surface area contributed by atoms with Crippen molar-refractivity contribution < 1.29 is 0 Å². The fourth-order valence-corrected chi connectivity index (χ4v) is 3.59. The van der Waals surface area contributed by atoms with Crippen LogP contribution in [0.5, 0.6) is 0 Å². The van der Waals surface area contributed by atoms with Crippen molar-refractivity contribution in [2.45, 2.75) is 52.5 Å². The fourth-order valence-electron chi connectivity index (χ4n) is 3.42. The minimum atomic E-state index is 0.498. The lowest BCUT2D eigenvalue weighted by molar-refractivity contribution is 0.101. The molecule has 0 amide bonds. The van der Waals surface area contributed by atoms with Gasteiger partial charge in [0, 0.05) is 18.8 Å². The Morgan fingerprint density at radius 3 is 2.75 bits per heavy atom. The topological polar surface area (TPSA) is 17.8 Å². The van der Waals surface area contributed by atoms with Crippen LogP contribution in [0.4, 0.5) is 0 Å². The van der Waals surface area contributed by atoms with Crippen LogP contribution in [0.2, 0.25) is 0 Å². The number of benzene rings is 1. The summed E-state index contributed by atoms with van der Waals surface area (Å²) in [6.07, 6.45) is 6.21. The molecule has 1 saturated carbocycles. The van der Waals surface area contributed by atoms with Crippen molar-refractivity contribution in [1.82, 2.24) is 9.55 Å². The molecular weight excluding hydrogens is 268 g/mol. The molecule has 0 spiro atoms. The molecule has 2 nitrogen and oxygen atoms in total. The van der Waals surface area contributed by atoms with Crippen LogP contribution >= 0.6 is 11.6 Å². The van der Waals surface area contributed by atoms with Crippen LogP contribution in [0.3, 0.4) is 0 Å². The Hall–Kier alpha value is -1.02. The molecule has 0 atom stereocenters. The second-order valence-corrected chi connectivity index (χ2v) is 6.58. The summed E-state index contributed by atoms with van der Waals surface area (Å²) in [4.78, 5) is 4.86. The highest BCUT2D eigenvalue weighted by molar-refractivity contribution is 6.17. The molecule has 1 aromatic heterocycles. The fraction of sp³-hybridized carbons (Fsp3) is 0.588. The lowest BCUT2D eigenvalue weighted by atomic mass is 9.67. The molecule has 0 saturated heterocycles. The van der Waals surface area contributed by atoms with Crippen molar-refractivity contribution >= 4 is 22.6 Å². The highest BCUT2D eigenvalue weighted by Gasteiger charge is 2.36. The second-order valence-electron chi connectivity index (χ2n) is 6.20. The summed E-state index contributed by atoms with van der Waals surface area (Å²) in [6, 6.07) is 6.48. The van der Waals surface area contributed by atoms with Gasteiger partial charge in [-0.3, -0.25) is 0 Å². The Labute approximate surface area is 126 Å². The van der Waals surface area contributed by atoms with Gasteiger partial charge in [-0.15, -0.1) is 11.6 Å². The van der Waals surface area contributed by atoms with Gasteiger partial charge in [0.2, 0.25) is 0 Å². The van der Waals surface area contributed by atoms with Crippen LogP contribution in [0.25, 0.3) is 11.0 Å². The van der Waals surface area contributed by atoms with Crippen LogP contribution in [0, 0.1) is 12.3 Å². The van der Waals surface area contributed by atoms with E-state index in [0.29, 0.717) is 11.3 Å². The van der Waals surface area contributed by atoms with Gasteiger partial charge in [0.05, 0.1) is 11.0 Å². The van der Waals surface area contributed by atoms with Gasteiger partial charge in [0.1, 0.15) is 5.82 Å². The number of halogens is 1. The van der Waals surface area contributed by atoms with Crippen molar-refractivity contribution in [3.63, 3.8) is 0 Å². The molecule has 1 fully saturated rings. The van der Waals surface area contributed by atoms with E-state index >= 15 is 0 Å². The Kier molecular flexibility index (Phi) is 3.76. The summed E-state index contributed by atoms with van der Waals surface area (Å²) in [5.41, 5.74) is 4.19. The number of aryl methyl sites for hydroxylation is 2. The van der Waals surface area contributed by atoms with Gasteiger partial charge in [-0.2, -0.15) is 0 Å². The number of imidazole rings is 1. The van der Waals surface area contributed by atoms with Crippen molar-refractivity contribution in [1.29, 1.82) is 0 Å². The molecule has 0 bridgehead atoms. The minimum absolute atomic E-state index is 0.498. The zero-order chi connectivity index (χ0) is 14.2. The third-order valence-corrected chi connectivity index (χ3v) is 5.22. The molecule has 1 aliphatic carbocycles. The average molecular weight is 291 g/mol. The van der Waals surface area contributed by atoms with E-state index in [1.165, 1.54) is 36.8 Å². The van der Waals surface area contributed by atoms with E-state index in [4.69, 9.17) is 16.6 Å². The van der Waals surface area contributed by atoms with Gasteiger partial charge in [-0.25, -0.2) is 4.98 Å². The number of hydrogen-bond donors (Lipinski definition) is 0. The maximum Gasteiger partial charge on any atom is 0.111 e. The van der Waals surface area contributed by atoms with Gasteiger partial charge < -0.3 is 4.57 Å². The summed E-state index contributed by atoms with van der Waals surface area (Å²) in [5, 5.41) is 0. The van der Waals surface area contributed by atoms with Gasteiger partial charge in [-0.1, -0.05) is 25.5 Å². The lowest BCUT2D eigenvalue weighted by Gasteiger charge is -2.42. The number of fused-ring (bicyclic) bond motifs is 1. The molecule has 20 heavy (non-hydrogen) atoms. The van der Waals surface area contributed by atoms with Gasteiger partial charge in [-0.05, 0) is 43.2 Å². The second kappa shape index (κ2) is 5.40. The molecule has 0 unspecified atom stereocenters. The predicted molar refractivity (Wildman–Crippen MR) is 85.5 cm³/mol. The van der Waals surface area contributed by atoms with E-state index in [1.807, 2.05) is 0 Å². The number of alkyl halides is 1. The van der Waals surface area contributed by atoms with Crippen LogP contribution in [-0.2, 0) is 13.0 Å². The van der Waals surface area contributed by atoms with Gasteiger partial charge in [0.15, 0.2) is 0 Å². The van der Waals surface area contributed by atoms with Crippen LogP contribution in [0.1, 0.15) is 44.0 Å². The number of aromatic nitrogens is 2. The van der Waals surface area contributed by atoms with E-state index in [1.54, 1.807) is 0 Å². The Morgan fingerprint density at radius 2 is 2.15 bits per heavy atom. The molecule has 1 heterocycles. The van der Waals surface area contributed by atoms with Gasteiger partial charge in [0.25, 0.3) is 0 Å². The summed E-state index contributed by atoms with van der Waals surface area (Å²) >= 11 is 5.98. The third kappa shape index (κ3) is 2.24. The highest BCUT2D eigenvalue weighted by atomic mass is 35.5. The standard InChI is InChI=1S/C17H23ClN2/c1-3-17(9-5-10-17)12-20-14-7-4-6-13(2)16(14)19-15(20)8-11-18/h4,6-7H,3,5,8-12H2,1-2H3. The van der Waals surface area contributed by atoms with Crippen LogP contribution < -0.4 is 0 Å². The smallest absolute Gasteiger partial charge is 0.111 e. The van der Waals surface area contributed by atoms with Crippen LogP contribution in [0.15, 0.2) is 18.2 Å². The van der Waals surface area contributed by atoms with Crippen molar-refractivity contribution in [3.8, 4) is 0 Å². The Bertz CT molecular complexity index is 605. The maximum absolute atomic E-state index is 5.98. The monoisotopic (exact) mass is 290 g/mol.